The number of likely N-dealkylation sites (tertiary alicyclic amines) is 1. The van der Waals surface area contributed by atoms with E-state index < -0.39 is 5.60 Å². The highest BCUT2D eigenvalue weighted by molar-refractivity contribution is 5.68. The number of carbonyl (C=O) groups excluding carboxylic acids is 1. The van der Waals surface area contributed by atoms with Gasteiger partial charge in [-0.1, -0.05) is 26.7 Å². The fraction of sp³-hybridized carbons (Fsp3) is 0.947. The summed E-state index contributed by atoms with van der Waals surface area (Å²) in [4.78, 5) is 14.7. The number of alkyl carbamates (subject to hydrolysis) is 1. The van der Waals surface area contributed by atoms with Gasteiger partial charge in [-0.25, -0.2) is 4.79 Å². The number of amides is 1. The van der Waals surface area contributed by atoms with E-state index in [0.717, 1.165) is 18.9 Å². The van der Waals surface area contributed by atoms with E-state index in [1.165, 1.54) is 38.8 Å². The highest BCUT2D eigenvalue weighted by Crippen LogP contribution is 2.29. The van der Waals surface area contributed by atoms with Crippen LogP contribution in [-0.2, 0) is 4.74 Å². The molecule has 1 N–H and O–H groups in total. The van der Waals surface area contributed by atoms with Crippen LogP contribution in [0.5, 0.6) is 0 Å². The number of nitrogens with zero attached hydrogens (tertiary/aromatic N) is 1. The predicted octanol–water partition coefficient (Wildman–Crippen LogP) is 4.05. The number of hydrogen-bond acceptors (Lipinski definition) is 3. The zero-order valence-electron chi connectivity index (χ0n) is 15.7. The number of nitrogens with one attached hydrogen (secondary N) is 1. The lowest BCUT2D eigenvalue weighted by molar-refractivity contribution is 0.0417. The maximum absolute atomic E-state index is 12.1. The minimum atomic E-state index is -0.431. The third kappa shape index (κ3) is 6.33. The molecule has 0 aromatic heterocycles. The average molecular weight is 325 g/mol. The Morgan fingerprint density at radius 1 is 1.22 bits per heavy atom. The van der Waals surface area contributed by atoms with Crippen LogP contribution in [0.3, 0.4) is 0 Å². The van der Waals surface area contributed by atoms with Crippen molar-refractivity contribution in [3.63, 3.8) is 0 Å². The maximum Gasteiger partial charge on any atom is 0.407 e. The summed E-state index contributed by atoms with van der Waals surface area (Å²) in [6, 6.07) is 0.215. The highest BCUT2D eigenvalue weighted by Gasteiger charge is 2.32. The van der Waals surface area contributed by atoms with Crippen molar-refractivity contribution in [2.75, 3.05) is 19.6 Å². The quantitative estimate of drug-likeness (QED) is 0.848. The number of piperidine rings is 1. The third-order valence-corrected chi connectivity index (χ3v) is 5.21. The molecule has 2 atom stereocenters. The Kier molecular flexibility index (Phi) is 6.35. The minimum Gasteiger partial charge on any atom is -0.444 e. The molecule has 2 unspecified atom stereocenters. The van der Waals surface area contributed by atoms with Gasteiger partial charge >= 0.3 is 6.09 Å². The Bertz CT molecular complexity index is 381. The van der Waals surface area contributed by atoms with Crippen molar-refractivity contribution < 1.29 is 9.53 Å². The van der Waals surface area contributed by atoms with E-state index in [4.69, 9.17) is 4.74 Å². The Morgan fingerprint density at radius 2 is 1.87 bits per heavy atom. The van der Waals surface area contributed by atoms with Gasteiger partial charge in [0.2, 0.25) is 0 Å². The summed E-state index contributed by atoms with van der Waals surface area (Å²) in [7, 11) is 0. The van der Waals surface area contributed by atoms with E-state index >= 15 is 0 Å². The van der Waals surface area contributed by atoms with E-state index in [0.29, 0.717) is 11.8 Å². The number of hydrogen-bond donors (Lipinski definition) is 1. The van der Waals surface area contributed by atoms with Gasteiger partial charge in [-0.3, -0.25) is 0 Å². The van der Waals surface area contributed by atoms with Crippen LogP contribution in [-0.4, -0.2) is 42.3 Å². The molecule has 1 heterocycles. The summed E-state index contributed by atoms with van der Waals surface area (Å²) in [5.41, 5.74) is -0.431. The Labute approximate surface area is 142 Å². The lowest BCUT2D eigenvalue weighted by atomic mass is 9.85. The Balaban J connectivity index is 1.90. The molecule has 1 aliphatic carbocycles. The van der Waals surface area contributed by atoms with Crippen molar-refractivity contribution in [3.8, 4) is 0 Å². The maximum atomic E-state index is 12.1. The standard InChI is InChI=1S/C19H36N2O2/c1-14(2)16-10-17(20-18(22)23-19(3,4)5)13-21(12-16)11-15-8-6-7-9-15/h14-17H,6-13H2,1-5H3,(H,20,22). The number of carbonyl (C=O) groups is 1. The molecular weight excluding hydrogens is 288 g/mol. The summed E-state index contributed by atoms with van der Waals surface area (Å²) in [6.45, 7) is 13.7. The van der Waals surface area contributed by atoms with Gasteiger partial charge < -0.3 is 15.0 Å². The molecule has 1 saturated heterocycles. The van der Waals surface area contributed by atoms with Gasteiger partial charge in [-0.05, 0) is 57.8 Å². The van der Waals surface area contributed by atoms with E-state index in [1.54, 1.807) is 0 Å². The second kappa shape index (κ2) is 7.87. The monoisotopic (exact) mass is 324 g/mol. The van der Waals surface area contributed by atoms with E-state index in [2.05, 4.69) is 24.1 Å². The number of rotatable bonds is 4. The Hall–Kier alpha value is -0.770. The van der Waals surface area contributed by atoms with Gasteiger partial charge in [0.15, 0.2) is 0 Å². The second-order valence-corrected chi connectivity index (χ2v) is 8.95. The van der Waals surface area contributed by atoms with Crippen LogP contribution < -0.4 is 5.32 Å². The van der Waals surface area contributed by atoms with Gasteiger partial charge in [-0.15, -0.1) is 0 Å². The lowest BCUT2D eigenvalue weighted by Crippen LogP contribution is -2.53. The smallest absolute Gasteiger partial charge is 0.407 e. The normalized spacial score (nSPS) is 27.4. The first-order chi connectivity index (χ1) is 10.7. The summed E-state index contributed by atoms with van der Waals surface area (Å²) in [5.74, 6) is 2.18. The van der Waals surface area contributed by atoms with Gasteiger partial charge in [0.25, 0.3) is 0 Å². The third-order valence-electron chi connectivity index (χ3n) is 5.21. The molecule has 1 amide bonds. The molecule has 1 saturated carbocycles. The molecule has 2 rings (SSSR count). The fourth-order valence-electron chi connectivity index (χ4n) is 4.00. The molecule has 0 aromatic rings. The van der Waals surface area contributed by atoms with Crippen molar-refractivity contribution in [2.45, 2.75) is 78.4 Å². The molecule has 0 bridgehead atoms. The molecule has 4 heteroatoms. The van der Waals surface area contributed by atoms with E-state index in [1.807, 2.05) is 20.8 Å². The topological polar surface area (TPSA) is 41.6 Å². The summed E-state index contributed by atoms with van der Waals surface area (Å²) >= 11 is 0. The van der Waals surface area contributed by atoms with Crippen molar-refractivity contribution in [1.29, 1.82) is 0 Å². The first-order valence-corrected chi connectivity index (χ1v) is 9.45. The zero-order valence-corrected chi connectivity index (χ0v) is 15.7. The molecular formula is C19H36N2O2. The van der Waals surface area contributed by atoms with Crippen LogP contribution in [0.4, 0.5) is 4.79 Å². The van der Waals surface area contributed by atoms with Crippen LogP contribution in [0.2, 0.25) is 0 Å². The first-order valence-electron chi connectivity index (χ1n) is 9.45. The van der Waals surface area contributed by atoms with Gasteiger partial charge in [0.1, 0.15) is 5.60 Å². The van der Waals surface area contributed by atoms with Crippen LogP contribution in [0.25, 0.3) is 0 Å². The largest absolute Gasteiger partial charge is 0.444 e. The molecule has 134 valence electrons. The summed E-state index contributed by atoms with van der Waals surface area (Å²) in [6.07, 6.45) is 6.35. The van der Waals surface area contributed by atoms with Crippen LogP contribution in [0.15, 0.2) is 0 Å². The van der Waals surface area contributed by atoms with Crippen molar-refractivity contribution in [3.05, 3.63) is 0 Å². The zero-order chi connectivity index (χ0) is 17.0. The fourth-order valence-corrected chi connectivity index (χ4v) is 4.00. The SMILES string of the molecule is CC(C)C1CC(NC(=O)OC(C)(C)C)CN(CC2CCCC2)C1. The molecule has 1 aliphatic heterocycles. The summed E-state index contributed by atoms with van der Waals surface area (Å²) < 4.78 is 5.44. The minimum absolute atomic E-state index is 0.215. The molecule has 0 aromatic carbocycles. The van der Waals surface area contributed by atoms with Crippen molar-refractivity contribution >= 4 is 6.09 Å². The van der Waals surface area contributed by atoms with Crippen LogP contribution >= 0.6 is 0 Å². The molecule has 0 radical (unpaired) electrons. The van der Waals surface area contributed by atoms with E-state index in [9.17, 15) is 4.79 Å². The lowest BCUT2D eigenvalue weighted by Gasteiger charge is -2.40. The summed E-state index contributed by atoms with van der Waals surface area (Å²) in [5, 5.41) is 3.11. The van der Waals surface area contributed by atoms with Crippen molar-refractivity contribution in [1.82, 2.24) is 10.2 Å². The molecule has 0 spiro atoms. The van der Waals surface area contributed by atoms with Gasteiger partial charge in [-0.2, -0.15) is 0 Å². The van der Waals surface area contributed by atoms with Gasteiger partial charge in [0.05, 0.1) is 0 Å². The average Bonchev–Trinajstić information content (AvgIpc) is 2.88. The molecule has 2 aliphatic rings. The molecule has 2 fully saturated rings. The van der Waals surface area contributed by atoms with E-state index in [-0.39, 0.29) is 12.1 Å². The van der Waals surface area contributed by atoms with Crippen LogP contribution in [0.1, 0.15) is 66.7 Å². The second-order valence-electron chi connectivity index (χ2n) is 8.95. The first kappa shape index (κ1) is 18.6. The van der Waals surface area contributed by atoms with Crippen molar-refractivity contribution in [2.24, 2.45) is 17.8 Å². The van der Waals surface area contributed by atoms with Crippen LogP contribution in [0, 0.1) is 17.8 Å². The number of ether oxygens (including phenoxy) is 1. The van der Waals surface area contributed by atoms with Gasteiger partial charge in [0, 0.05) is 25.7 Å². The predicted molar refractivity (Wildman–Crippen MR) is 94.5 cm³/mol. The highest BCUT2D eigenvalue weighted by atomic mass is 16.6. The molecule has 4 nitrogen and oxygen atoms in total. The molecule has 23 heavy (non-hydrogen) atoms. The Morgan fingerprint density at radius 3 is 2.43 bits per heavy atom.